The highest BCUT2D eigenvalue weighted by Gasteiger charge is 2.35. The Morgan fingerprint density at radius 2 is 1.21 bits per heavy atom. The fraction of sp³-hybridized carbons (Fsp3) is 0.0417. The number of pyridine rings is 1. The molecule has 3 aromatic carbocycles. The van der Waals surface area contributed by atoms with Crippen molar-refractivity contribution >= 4 is 16.3 Å². The van der Waals surface area contributed by atoms with Gasteiger partial charge in [0.2, 0.25) is 0 Å². The van der Waals surface area contributed by atoms with Gasteiger partial charge in [0.1, 0.15) is 0 Å². The Labute approximate surface area is 164 Å². The largest absolute Gasteiger partial charge is 0.435 e. The molecule has 2 heterocycles. The van der Waals surface area contributed by atoms with E-state index in [4.69, 9.17) is 0 Å². The van der Waals surface area contributed by atoms with Gasteiger partial charge in [0.05, 0.1) is 11.2 Å². The number of aromatic nitrogens is 2. The van der Waals surface area contributed by atoms with Crippen LogP contribution in [0.25, 0.3) is 38.7 Å². The van der Waals surface area contributed by atoms with Crippen LogP contribution in [0.1, 0.15) is 5.69 Å². The molecule has 5 rings (SSSR count). The van der Waals surface area contributed by atoms with E-state index in [9.17, 15) is 13.2 Å². The molecule has 0 atom stereocenters. The quantitative estimate of drug-likeness (QED) is 0.324. The molecule has 5 aromatic rings. The van der Waals surface area contributed by atoms with E-state index in [2.05, 4.69) is 5.10 Å². The standard InChI is InChI=1S/C24H15F3N2/c25-24(26,27)21-15-20-18-13-7-8-14-19(18)22(16-9-3-1-4-10-16)23(29(20)28-21)17-11-5-2-6-12-17/h1-15H. The zero-order valence-electron chi connectivity index (χ0n) is 15.2. The van der Waals surface area contributed by atoms with Crippen molar-refractivity contribution in [1.82, 2.24) is 9.61 Å². The molecule has 0 N–H and O–H groups in total. The predicted molar refractivity (Wildman–Crippen MR) is 109 cm³/mol. The number of alkyl halides is 3. The van der Waals surface area contributed by atoms with Crippen molar-refractivity contribution in [2.45, 2.75) is 6.18 Å². The first kappa shape index (κ1) is 17.5. The Bertz CT molecular complexity index is 1320. The molecule has 142 valence electrons. The van der Waals surface area contributed by atoms with Gasteiger partial charge in [-0.1, -0.05) is 84.9 Å². The van der Waals surface area contributed by atoms with Crippen LogP contribution >= 0.6 is 0 Å². The van der Waals surface area contributed by atoms with E-state index >= 15 is 0 Å². The molecular formula is C24H15F3N2. The van der Waals surface area contributed by atoms with Crippen LogP contribution < -0.4 is 0 Å². The molecule has 0 bridgehead atoms. The smallest absolute Gasteiger partial charge is 0.231 e. The summed E-state index contributed by atoms with van der Waals surface area (Å²) in [4.78, 5) is 0. The van der Waals surface area contributed by atoms with Gasteiger partial charge in [-0.2, -0.15) is 18.3 Å². The van der Waals surface area contributed by atoms with E-state index in [1.165, 1.54) is 4.52 Å². The minimum Gasteiger partial charge on any atom is -0.231 e. The van der Waals surface area contributed by atoms with Crippen LogP contribution in [0.4, 0.5) is 13.2 Å². The second-order valence-corrected chi connectivity index (χ2v) is 6.83. The first-order valence-corrected chi connectivity index (χ1v) is 9.16. The molecule has 0 radical (unpaired) electrons. The summed E-state index contributed by atoms with van der Waals surface area (Å²) in [5.74, 6) is 0. The van der Waals surface area contributed by atoms with E-state index in [0.717, 1.165) is 33.5 Å². The van der Waals surface area contributed by atoms with Crippen LogP contribution in [0, 0.1) is 0 Å². The van der Waals surface area contributed by atoms with E-state index in [1.54, 1.807) is 0 Å². The lowest BCUT2D eigenvalue weighted by molar-refractivity contribution is -0.141. The molecule has 29 heavy (non-hydrogen) atoms. The molecule has 5 heteroatoms. The highest BCUT2D eigenvalue weighted by Crippen LogP contribution is 2.41. The summed E-state index contributed by atoms with van der Waals surface area (Å²) in [5.41, 5.74) is 2.77. The zero-order chi connectivity index (χ0) is 20.0. The molecule has 0 amide bonds. The molecular weight excluding hydrogens is 373 g/mol. The molecule has 0 spiro atoms. The summed E-state index contributed by atoms with van der Waals surface area (Å²) in [6.45, 7) is 0. The van der Waals surface area contributed by atoms with Crippen LogP contribution in [0.3, 0.4) is 0 Å². The minimum atomic E-state index is -4.52. The van der Waals surface area contributed by atoms with Crippen molar-refractivity contribution in [2.24, 2.45) is 0 Å². The van der Waals surface area contributed by atoms with Gasteiger partial charge in [0.25, 0.3) is 0 Å². The predicted octanol–water partition coefficient (Wildman–Crippen LogP) is 6.84. The van der Waals surface area contributed by atoms with Crippen LogP contribution in [0.2, 0.25) is 0 Å². The van der Waals surface area contributed by atoms with Crippen LogP contribution in [-0.2, 0) is 6.18 Å². The van der Waals surface area contributed by atoms with E-state index in [-0.39, 0.29) is 0 Å². The highest BCUT2D eigenvalue weighted by atomic mass is 19.4. The molecule has 2 aromatic heterocycles. The summed E-state index contributed by atoms with van der Waals surface area (Å²) < 4.78 is 42.0. The Hall–Kier alpha value is -3.60. The number of halogens is 3. The lowest BCUT2D eigenvalue weighted by atomic mass is 9.93. The Morgan fingerprint density at radius 1 is 0.655 bits per heavy atom. The molecule has 2 nitrogen and oxygen atoms in total. The maximum absolute atomic E-state index is 13.5. The maximum atomic E-state index is 13.5. The summed E-state index contributed by atoms with van der Waals surface area (Å²) in [7, 11) is 0. The molecule has 0 unspecified atom stereocenters. The second kappa shape index (κ2) is 6.48. The Balaban J connectivity index is 2.03. The van der Waals surface area contributed by atoms with Crippen molar-refractivity contribution in [2.75, 3.05) is 0 Å². The summed E-state index contributed by atoms with van der Waals surface area (Å²) in [6, 6.07) is 27.8. The SMILES string of the molecule is FC(F)(F)c1cc2c3ccccc3c(-c3ccccc3)c(-c3ccccc3)n2n1. The third-order valence-corrected chi connectivity index (χ3v) is 5.03. The van der Waals surface area contributed by atoms with E-state index < -0.39 is 11.9 Å². The van der Waals surface area contributed by atoms with Gasteiger partial charge in [-0.25, -0.2) is 4.52 Å². The molecule has 0 aliphatic carbocycles. The monoisotopic (exact) mass is 388 g/mol. The van der Waals surface area contributed by atoms with Gasteiger partial charge in [-0.05, 0) is 17.0 Å². The Kier molecular flexibility index (Phi) is 3.91. The number of fused-ring (bicyclic) bond motifs is 3. The topological polar surface area (TPSA) is 17.3 Å². The average Bonchev–Trinajstić information content (AvgIpc) is 3.20. The lowest BCUT2D eigenvalue weighted by Crippen LogP contribution is -2.06. The first-order valence-electron chi connectivity index (χ1n) is 9.16. The molecule has 0 saturated heterocycles. The number of hydrogen-bond acceptors (Lipinski definition) is 1. The molecule has 0 saturated carbocycles. The molecule has 0 aliphatic heterocycles. The second-order valence-electron chi connectivity index (χ2n) is 6.83. The maximum Gasteiger partial charge on any atom is 0.435 e. The first-order chi connectivity index (χ1) is 14.0. The van der Waals surface area contributed by atoms with E-state index in [0.29, 0.717) is 11.2 Å². The lowest BCUT2D eigenvalue weighted by Gasteiger charge is -2.16. The third-order valence-electron chi connectivity index (χ3n) is 5.03. The fourth-order valence-corrected chi connectivity index (χ4v) is 3.80. The number of nitrogens with zero attached hydrogens (tertiary/aromatic N) is 2. The number of hydrogen-bond donors (Lipinski definition) is 0. The van der Waals surface area contributed by atoms with Crippen molar-refractivity contribution in [3.05, 3.63) is 96.7 Å². The van der Waals surface area contributed by atoms with Gasteiger partial charge >= 0.3 is 6.18 Å². The van der Waals surface area contributed by atoms with Gasteiger partial charge in [0, 0.05) is 16.5 Å². The summed E-state index contributed by atoms with van der Waals surface area (Å²) >= 11 is 0. The summed E-state index contributed by atoms with van der Waals surface area (Å²) in [5, 5.41) is 5.61. The zero-order valence-corrected chi connectivity index (χ0v) is 15.2. The number of rotatable bonds is 2. The third kappa shape index (κ3) is 2.86. The van der Waals surface area contributed by atoms with Crippen LogP contribution in [0.15, 0.2) is 91.0 Å². The van der Waals surface area contributed by atoms with Crippen LogP contribution in [0.5, 0.6) is 0 Å². The summed E-state index contributed by atoms with van der Waals surface area (Å²) in [6.07, 6.45) is -4.52. The molecule has 0 aliphatic rings. The van der Waals surface area contributed by atoms with Gasteiger partial charge < -0.3 is 0 Å². The fourth-order valence-electron chi connectivity index (χ4n) is 3.80. The van der Waals surface area contributed by atoms with Crippen molar-refractivity contribution in [1.29, 1.82) is 0 Å². The molecule has 0 fully saturated rings. The van der Waals surface area contributed by atoms with Crippen molar-refractivity contribution < 1.29 is 13.2 Å². The van der Waals surface area contributed by atoms with Crippen molar-refractivity contribution in [3.63, 3.8) is 0 Å². The highest BCUT2D eigenvalue weighted by molar-refractivity contribution is 6.09. The van der Waals surface area contributed by atoms with E-state index in [1.807, 2.05) is 84.9 Å². The van der Waals surface area contributed by atoms with Crippen LogP contribution in [-0.4, -0.2) is 9.61 Å². The average molecular weight is 388 g/mol. The van der Waals surface area contributed by atoms with Gasteiger partial charge in [-0.3, -0.25) is 0 Å². The van der Waals surface area contributed by atoms with Crippen molar-refractivity contribution in [3.8, 4) is 22.4 Å². The normalized spacial score (nSPS) is 12.0. The number of benzene rings is 3. The Morgan fingerprint density at radius 3 is 1.83 bits per heavy atom. The van der Waals surface area contributed by atoms with Gasteiger partial charge in [0.15, 0.2) is 5.69 Å². The van der Waals surface area contributed by atoms with Gasteiger partial charge in [-0.15, -0.1) is 0 Å². The minimum absolute atomic E-state index is 0.437.